The Hall–Kier alpha value is -0.570. The van der Waals surface area contributed by atoms with Crippen molar-refractivity contribution in [3.8, 4) is 0 Å². The number of rotatable bonds is 8. The Balaban J connectivity index is 3.91. The van der Waals surface area contributed by atoms with Gasteiger partial charge in [-0.05, 0) is 33.6 Å². The van der Waals surface area contributed by atoms with Crippen molar-refractivity contribution in [2.45, 2.75) is 65.1 Å². The first-order valence-electron chi connectivity index (χ1n) is 5.64. The van der Waals surface area contributed by atoms with Gasteiger partial charge in [0.05, 0.1) is 12.2 Å². The first kappa shape index (κ1) is 14.4. The van der Waals surface area contributed by atoms with Crippen LogP contribution in [0.2, 0.25) is 0 Å². The van der Waals surface area contributed by atoms with E-state index in [9.17, 15) is 4.79 Å². The Kier molecular flexibility index (Phi) is 5.88. The number of hydrogen-bond acceptors (Lipinski definition) is 3. The van der Waals surface area contributed by atoms with Crippen molar-refractivity contribution in [1.82, 2.24) is 0 Å². The van der Waals surface area contributed by atoms with Crippen molar-refractivity contribution >= 4 is 6.47 Å². The molecule has 0 unspecified atom stereocenters. The van der Waals surface area contributed by atoms with E-state index >= 15 is 0 Å². The molecule has 0 bridgehead atoms. The zero-order valence-electron chi connectivity index (χ0n) is 10.6. The summed E-state index contributed by atoms with van der Waals surface area (Å²) in [5.74, 6) is 0. The predicted molar refractivity (Wildman–Crippen MR) is 60.8 cm³/mol. The van der Waals surface area contributed by atoms with Gasteiger partial charge in [0.15, 0.2) is 0 Å². The maximum absolute atomic E-state index is 10.2. The topological polar surface area (TPSA) is 35.5 Å². The van der Waals surface area contributed by atoms with Gasteiger partial charge < -0.3 is 9.47 Å². The molecule has 0 fully saturated rings. The molecule has 90 valence electrons. The summed E-state index contributed by atoms with van der Waals surface area (Å²) in [6.07, 6.45) is 2.72. The van der Waals surface area contributed by atoms with E-state index in [0.717, 1.165) is 19.3 Å². The lowest BCUT2D eigenvalue weighted by molar-refractivity contribution is -0.143. The third kappa shape index (κ3) is 5.78. The Morgan fingerprint density at radius 3 is 2.07 bits per heavy atom. The van der Waals surface area contributed by atoms with Crippen LogP contribution in [-0.2, 0) is 14.3 Å². The summed E-state index contributed by atoms with van der Waals surface area (Å²) in [7, 11) is 0. The van der Waals surface area contributed by atoms with E-state index < -0.39 is 5.60 Å². The second kappa shape index (κ2) is 6.11. The molecule has 0 radical (unpaired) electrons. The van der Waals surface area contributed by atoms with Crippen LogP contribution in [0.15, 0.2) is 0 Å². The fourth-order valence-electron chi connectivity index (χ4n) is 1.19. The normalized spacial score (nSPS) is 12.6. The van der Waals surface area contributed by atoms with Crippen LogP contribution in [0.1, 0.15) is 53.9 Å². The fourth-order valence-corrected chi connectivity index (χ4v) is 1.19. The van der Waals surface area contributed by atoms with Crippen LogP contribution in [0.25, 0.3) is 0 Å². The van der Waals surface area contributed by atoms with Crippen molar-refractivity contribution in [1.29, 1.82) is 0 Å². The summed E-state index contributed by atoms with van der Waals surface area (Å²) >= 11 is 0. The summed E-state index contributed by atoms with van der Waals surface area (Å²) in [4.78, 5) is 10.2. The van der Waals surface area contributed by atoms with Crippen molar-refractivity contribution in [3.05, 3.63) is 0 Å². The molecular formula is C12H24O3. The van der Waals surface area contributed by atoms with Crippen LogP contribution in [0.3, 0.4) is 0 Å². The molecule has 0 aliphatic carbocycles. The fraction of sp³-hybridized carbons (Fsp3) is 0.917. The maximum atomic E-state index is 10.2. The van der Waals surface area contributed by atoms with Crippen LogP contribution >= 0.6 is 0 Å². The predicted octanol–water partition coefficient (Wildman–Crippen LogP) is 2.92. The van der Waals surface area contributed by atoms with Crippen LogP contribution in [-0.4, -0.2) is 24.3 Å². The molecule has 0 heterocycles. The highest BCUT2D eigenvalue weighted by Gasteiger charge is 2.23. The molecule has 0 aromatic rings. The van der Waals surface area contributed by atoms with Crippen molar-refractivity contribution in [2.24, 2.45) is 0 Å². The van der Waals surface area contributed by atoms with E-state index in [-0.39, 0.29) is 5.60 Å². The molecule has 0 N–H and O–H groups in total. The zero-order chi connectivity index (χ0) is 11.9. The summed E-state index contributed by atoms with van der Waals surface area (Å²) in [5.41, 5.74) is -0.471. The Bertz CT molecular complexity index is 183. The lowest BCUT2D eigenvalue weighted by atomic mass is 9.99. The first-order valence-corrected chi connectivity index (χ1v) is 5.64. The van der Waals surface area contributed by atoms with E-state index in [1.54, 1.807) is 0 Å². The molecule has 0 aliphatic rings. The van der Waals surface area contributed by atoms with Crippen molar-refractivity contribution in [3.63, 3.8) is 0 Å². The van der Waals surface area contributed by atoms with Gasteiger partial charge in [-0.1, -0.05) is 13.8 Å². The monoisotopic (exact) mass is 216 g/mol. The SMILES string of the molecule is CCC(C)(CC)OCCC(C)(C)OC=O. The van der Waals surface area contributed by atoms with E-state index in [1.807, 2.05) is 13.8 Å². The highest BCUT2D eigenvalue weighted by Crippen LogP contribution is 2.21. The molecule has 0 spiro atoms. The van der Waals surface area contributed by atoms with Gasteiger partial charge in [0.25, 0.3) is 6.47 Å². The minimum Gasteiger partial charge on any atom is -0.462 e. The van der Waals surface area contributed by atoms with Crippen molar-refractivity contribution < 1.29 is 14.3 Å². The summed E-state index contributed by atoms with van der Waals surface area (Å²) in [5, 5.41) is 0. The van der Waals surface area contributed by atoms with E-state index in [0.29, 0.717) is 13.1 Å². The third-order valence-corrected chi connectivity index (χ3v) is 3.02. The Morgan fingerprint density at radius 1 is 1.13 bits per heavy atom. The van der Waals surface area contributed by atoms with Gasteiger partial charge in [-0.3, -0.25) is 4.79 Å². The number of carbonyl (C=O) groups is 1. The lowest BCUT2D eigenvalue weighted by Crippen LogP contribution is -2.31. The average Bonchev–Trinajstić information content (AvgIpc) is 2.17. The largest absolute Gasteiger partial charge is 0.462 e. The van der Waals surface area contributed by atoms with Gasteiger partial charge in [0.1, 0.15) is 5.60 Å². The van der Waals surface area contributed by atoms with Gasteiger partial charge in [-0.2, -0.15) is 0 Å². The molecule has 15 heavy (non-hydrogen) atoms. The first-order chi connectivity index (χ1) is 6.89. The molecule has 3 heteroatoms. The lowest BCUT2D eigenvalue weighted by Gasteiger charge is -2.30. The summed E-state index contributed by atoms with van der Waals surface area (Å²) in [6, 6.07) is 0. The van der Waals surface area contributed by atoms with Crippen molar-refractivity contribution in [2.75, 3.05) is 6.61 Å². The van der Waals surface area contributed by atoms with Gasteiger partial charge in [0.2, 0.25) is 0 Å². The summed E-state index contributed by atoms with van der Waals surface area (Å²) < 4.78 is 10.8. The third-order valence-electron chi connectivity index (χ3n) is 3.02. The standard InChI is InChI=1S/C12H24O3/c1-6-12(5,7-2)14-9-8-11(3,4)15-10-13/h10H,6-9H2,1-5H3. The van der Waals surface area contributed by atoms with Crippen LogP contribution in [0, 0.1) is 0 Å². The van der Waals surface area contributed by atoms with Gasteiger partial charge in [-0.15, -0.1) is 0 Å². The zero-order valence-corrected chi connectivity index (χ0v) is 10.6. The molecule has 0 amide bonds. The number of ether oxygens (including phenoxy) is 2. The highest BCUT2D eigenvalue weighted by atomic mass is 16.5. The van der Waals surface area contributed by atoms with E-state index in [4.69, 9.17) is 9.47 Å². The molecule has 0 aromatic carbocycles. The smallest absolute Gasteiger partial charge is 0.293 e. The van der Waals surface area contributed by atoms with Gasteiger partial charge in [0, 0.05) is 6.42 Å². The minimum absolute atomic E-state index is 0.0444. The maximum Gasteiger partial charge on any atom is 0.293 e. The quantitative estimate of drug-likeness (QED) is 0.585. The Labute approximate surface area is 93.1 Å². The summed E-state index contributed by atoms with van der Waals surface area (Å²) in [6.45, 7) is 11.3. The van der Waals surface area contributed by atoms with Crippen LogP contribution in [0.5, 0.6) is 0 Å². The molecule has 0 aromatic heterocycles. The van der Waals surface area contributed by atoms with Crippen LogP contribution in [0.4, 0.5) is 0 Å². The van der Waals surface area contributed by atoms with Gasteiger partial charge in [-0.25, -0.2) is 0 Å². The second-order valence-corrected chi connectivity index (χ2v) is 4.73. The van der Waals surface area contributed by atoms with Crippen LogP contribution < -0.4 is 0 Å². The van der Waals surface area contributed by atoms with E-state index in [1.165, 1.54) is 0 Å². The molecule has 3 nitrogen and oxygen atoms in total. The Morgan fingerprint density at radius 2 is 1.67 bits per heavy atom. The molecule has 0 saturated carbocycles. The minimum atomic E-state index is -0.426. The molecular weight excluding hydrogens is 192 g/mol. The highest BCUT2D eigenvalue weighted by molar-refractivity contribution is 5.38. The molecule has 0 rings (SSSR count). The van der Waals surface area contributed by atoms with E-state index in [2.05, 4.69) is 20.8 Å². The number of carbonyl (C=O) groups excluding carboxylic acids is 1. The second-order valence-electron chi connectivity index (χ2n) is 4.73. The average molecular weight is 216 g/mol. The molecule has 0 saturated heterocycles. The molecule has 0 atom stereocenters. The van der Waals surface area contributed by atoms with Gasteiger partial charge >= 0.3 is 0 Å². The number of hydrogen-bond donors (Lipinski definition) is 0. The molecule has 0 aliphatic heterocycles.